The molecule has 1 aliphatic heterocycles. The molecule has 3 amide bonds. The number of aromatic nitrogens is 2. The number of pyridine rings is 1. The highest BCUT2D eigenvalue weighted by Crippen LogP contribution is 2.27. The van der Waals surface area contributed by atoms with Crippen LogP contribution in [-0.2, 0) is 14.4 Å². The van der Waals surface area contributed by atoms with Gasteiger partial charge >= 0.3 is 12.5 Å². The zero-order chi connectivity index (χ0) is 25.8. The van der Waals surface area contributed by atoms with Crippen LogP contribution in [0.2, 0.25) is 0 Å². The van der Waals surface area contributed by atoms with Crippen LogP contribution in [0, 0.1) is 0 Å². The van der Waals surface area contributed by atoms with Crippen LogP contribution in [0.5, 0.6) is 0 Å². The van der Waals surface area contributed by atoms with E-state index in [4.69, 9.17) is 4.74 Å². The predicted octanol–water partition coefficient (Wildman–Crippen LogP) is 3.69. The van der Waals surface area contributed by atoms with E-state index in [0.29, 0.717) is 37.6 Å². The second-order valence-corrected chi connectivity index (χ2v) is 8.48. The Labute approximate surface area is 213 Å². The quantitative estimate of drug-likeness (QED) is 0.320. The summed E-state index contributed by atoms with van der Waals surface area (Å²) in [6, 6.07) is 18.3. The van der Waals surface area contributed by atoms with Crippen LogP contribution in [0.3, 0.4) is 0 Å². The average molecular weight is 500 g/mol. The van der Waals surface area contributed by atoms with Crippen LogP contribution < -0.4 is 5.32 Å². The fourth-order valence-electron chi connectivity index (χ4n) is 4.23. The van der Waals surface area contributed by atoms with Crippen LogP contribution in [0.25, 0.3) is 28.0 Å². The predicted molar refractivity (Wildman–Crippen MR) is 137 cm³/mol. The van der Waals surface area contributed by atoms with E-state index in [1.54, 1.807) is 12.3 Å². The molecule has 5 rings (SSSR count). The van der Waals surface area contributed by atoms with Crippen molar-refractivity contribution in [2.45, 2.75) is 0 Å². The number of nitrogens with zero attached hydrogens (tertiary/aromatic N) is 4. The summed E-state index contributed by atoms with van der Waals surface area (Å²) in [5.41, 5.74) is 5.48. The zero-order valence-corrected chi connectivity index (χ0v) is 20.2. The number of hydrogen-bond donors (Lipinski definition) is 1. The number of hydroxylamine groups is 2. The van der Waals surface area contributed by atoms with Gasteiger partial charge in [-0.3, -0.25) is 14.0 Å². The van der Waals surface area contributed by atoms with Crippen molar-refractivity contribution < 1.29 is 24.0 Å². The molecule has 0 saturated carbocycles. The van der Waals surface area contributed by atoms with Gasteiger partial charge in [0, 0.05) is 36.1 Å². The molecule has 188 valence electrons. The van der Waals surface area contributed by atoms with Crippen LogP contribution in [0.4, 0.5) is 10.5 Å². The molecule has 0 unspecified atom stereocenters. The van der Waals surface area contributed by atoms with Crippen molar-refractivity contribution in [2.75, 3.05) is 38.7 Å². The Hall–Kier alpha value is -4.70. The molecule has 0 bridgehead atoms. The Morgan fingerprint density at radius 1 is 1.03 bits per heavy atom. The number of nitrogens with one attached hydrogen (secondary N) is 1. The highest BCUT2D eigenvalue weighted by Gasteiger charge is 2.19. The number of imidazole rings is 1. The molecule has 1 fully saturated rings. The third-order valence-corrected chi connectivity index (χ3v) is 6.15. The molecule has 37 heavy (non-hydrogen) atoms. The number of urea groups is 1. The average Bonchev–Trinajstić information content (AvgIpc) is 3.37. The number of morpholine rings is 1. The maximum absolute atomic E-state index is 12.9. The number of ether oxygens (including phenoxy) is 1. The van der Waals surface area contributed by atoms with Gasteiger partial charge in [-0.1, -0.05) is 24.3 Å². The highest BCUT2D eigenvalue weighted by molar-refractivity contribution is 5.95. The highest BCUT2D eigenvalue weighted by atomic mass is 16.7. The monoisotopic (exact) mass is 499 g/mol. The second kappa shape index (κ2) is 10.5. The summed E-state index contributed by atoms with van der Waals surface area (Å²) < 4.78 is 7.31. The Bertz CT molecular complexity index is 1460. The molecule has 1 saturated heterocycles. The topological polar surface area (TPSA) is 105 Å². The molecule has 1 aliphatic rings. The van der Waals surface area contributed by atoms with Crippen molar-refractivity contribution in [3.05, 3.63) is 78.6 Å². The lowest BCUT2D eigenvalue weighted by molar-refractivity contribution is -0.154. The molecule has 10 heteroatoms. The van der Waals surface area contributed by atoms with Gasteiger partial charge < -0.3 is 19.8 Å². The minimum absolute atomic E-state index is 0.00483. The summed E-state index contributed by atoms with van der Waals surface area (Å²) >= 11 is 0. The first-order valence-corrected chi connectivity index (χ1v) is 11.7. The first-order valence-electron chi connectivity index (χ1n) is 11.7. The lowest BCUT2D eigenvalue weighted by Gasteiger charge is -2.27. The Morgan fingerprint density at radius 2 is 1.78 bits per heavy atom. The first-order chi connectivity index (χ1) is 18.0. The van der Waals surface area contributed by atoms with Gasteiger partial charge in [0.2, 0.25) is 0 Å². The molecule has 0 atom stereocenters. The summed E-state index contributed by atoms with van der Waals surface area (Å²) in [5.74, 6) is 0.00483. The van der Waals surface area contributed by atoms with Gasteiger partial charge in [0.15, 0.2) is 0 Å². The molecule has 2 aromatic heterocycles. The maximum Gasteiger partial charge on any atom is 0.354 e. The van der Waals surface area contributed by atoms with Gasteiger partial charge in [-0.15, -0.1) is 0 Å². The second-order valence-electron chi connectivity index (χ2n) is 8.48. The summed E-state index contributed by atoms with van der Waals surface area (Å²) in [7, 11) is 1.34. The molecule has 4 aromatic rings. The van der Waals surface area contributed by atoms with Gasteiger partial charge in [-0.25, -0.2) is 9.78 Å². The Morgan fingerprint density at radius 3 is 2.59 bits per heavy atom. The third kappa shape index (κ3) is 5.14. The molecular formula is C27H25N5O5. The van der Waals surface area contributed by atoms with Crippen molar-refractivity contribution in [3.8, 4) is 22.4 Å². The summed E-state index contributed by atoms with van der Waals surface area (Å²) in [5, 5.41) is 3.49. The van der Waals surface area contributed by atoms with Crippen LogP contribution in [-0.4, -0.2) is 71.1 Å². The molecular weight excluding hydrogens is 474 g/mol. The largest absolute Gasteiger partial charge is 0.378 e. The van der Waals surface area contributed by atoms with Gasteiger partial charge in [-0.2, -0.15) is 5.06 Å². The first kappa shape index (κ1) is 24.0. The molecule has 3 heterocycles. The summed E-state index contributed by atoms with van der Waals surface area (Å²) in [6.45, 7) is 2.50. The van der Waals surface area contributed by atoms with Crippen molar-refractivity contribution >= 4 is 29.7 Å². The van der Waals surface area contributed by atoms with E-state index in [1.807, 2.05) is 70.1 Å². The van der Waals surface area contributed by atoms with E-state index in [-0.39, 0.29) is 12.4 Å². The normalized spacial score (nSPS) is 13.3. The van der Waals surface area contributed by atoms with Gasteiger partial charge in [0.1, 0.15) is 5.65 Å². The third-order valence-electron chi connectivity index (χ3n) is 6.15. The van der Waals surface area contributed by atoms with E-state index >= 15 is 0 Å². The number of rotatable bonds is 6. The summed E-state index contributed by atoms with van der Waals surface area (Å²) in [4.78, 5) is 46.4. The van der Waals surface area contributed by atoms with Gasteiger partial charge in [0.25, 0.3) is 5.91 Å². The van der Waals surface area contributed by atoms with Crippen LogP contribution >= 0.6 is 0 Å². The number of anilines is 1. The standard InChI is InChI=1S/C27H25N5O5/c1-30(37-18-33)27(35)29-23-7-3-5-21(15-23)24-17-28-25-16-20(8-9-32(24)25)19-4-2-6-22(14-19)26(34)31-10-12-36-13-11-31/h2-9,14-18H,10-13H2,1H3,(H,29,35). The zero-order valence-electron chi connectivity index (χ0n) is 20.2. The van der Waals surface area contributed by atoms with E-state index < -0.39 is 6.03 Å². The van der Waals surface area contributed by atoms with E-state index in [1.165, 1.54) is 7.05 Å². The number of benzene rings is 2. The molecule has 0 radical (unpaired) electrons. The Balaban J connectivity index is 1.39. The lowest BCUT2D eigenvalue weighted by Crippen LogP contribution is -2.40. The number of carbonyl (C=O) groups is 3. The van der Waals surface area contributed by atoms with E-state index in [0.717, 1.165) is 33.1 Å². The van der Waals surface area contributed by atoms with Crippen molar-refractivity contribution in [2.24, 2.45) is 0 Å². The van der Waals surface area contributed by atoms with Gasteiger partial charge in [0.05, 0.1) is 32.2 Å². The van der Waals surface area contributed by atoms with E-state index in [9.17, 15) is 14.4 Å². The number of hydrogen-bond acceptors (Lipinski definition) is 6. The minimum atomic E-state index is -0.582. The summed E-state index contributed by atoms with van der Waals surface area (Å²) in [6.07, 6.45) is 3.69. The van der Waals surface area contributed by atoms with Crippen molar-refractivity contribution in [1.29, 1.82) is 0 Å². The fraction of sp³-hybridized carbons (Fsp3) is 0.185. The number of amides is 3. The fourth-order valence-corrected chi connectivity index (χ4v) is 4.23. The number of fused-ring (bicyclic) bond motifs is 1. The minimum Gasteiger partial charge on any atom is -0.378 e. The smallest absolute Gasteiger partial charge is 0.354 e. The van der Waals surface area contributed by atoms with Gasteiger partial charge in [-0.05, 0) is 47.5 Å². The Kier molecular flexibility index (Phi) is 6.82. The molecule has 1 N–H and O–H groups in total. The SMILES string of the molecule is CN(OC=O)C(=O)Nc1cccc(-c2cnc3cc(-c4cccc(C(=O)N5CCOCC5)c4)ccn23)c1. The van der Waals surface area contributed by atoms with Crippen molar-refractivity contribution in [3.63, 3.8) is 0 Å². The van der Waals surface area contributed by atoms with Crippen molar-refractivity contribution in [1.82, 2.24) is 19.3 Å². The lowest BCUT2D eigenvalue weighted by atomic mass is 10.0. The molecule has 2 aromatic carbocycles. The molecule has 10 nitrogen and oxygen atoms in total. The number of carbonyl (C=O) groups excluding carboxylic acids is 3. The molecule has 0 aliphatic carbocycles. The maximum atomic E-state index is 12.9. The van der Waals surface area contributed by atoms with Crippen LogP contribution in [0.1, 0.15) is 10.4 Å². The van der Waals surface area contributed by atoms with Crippen LogP contribution in [0.15, 0.2) is 73.1 Å². The molecule has 0 spiro atoms. The van der Waals surface area contributed by atoms with E-state index in [2.05, 4.69) is 15.1 Å².